The Balaban J connectivity index is 1.98. The molecular formula is C18H23N3. The molecule has 2 rings (SSSR count). The molecule has 0 N–H and O–H groups in total. The Labute approximate surface area is 128 Å². The molecule has 0 spiro atoms. The van der Waals surface area contributed by atoms with E-state index in [4.69, 9.17) is 11.8 Å². The van der Waals surface area contributed by atoms with Crippen molar-refractivity contribution in [1.29, 1.82) is 5.26 Å². The SMILES string of the molecule is [C-]#[N+]CC1(C(C)C)CCN(Cc2cccc(C#N)c2)CC1. The van der Waals surface area contributed by atoms with E-state index in [1.807, 2.05) is 18.2 Å². The van der Waals surface area contributed by atoms with Gasteiger partial charge in [0.2, 0.25) is 6.54 Å². The molecule has 0 amide bonds. The van der Waals surface area contributed by atoms with Gasteiger partial charge in [0.05, 0.1) is 11.6 Å². The summed E-state index contributed by atoms with van der Waals surface area (Å²) in [6, 6.07) is 10.1. The molecule has 1 aliphatic heterocycles. The molecule has 1 fully saturated rings. The van der Waals surface area contributed by atoms with E-state index < -0.39 is 0 Å². The van der Waals surface area contributed by atoms with Crippen LogP contribution < -0.4 is 0 Å². The molecule has 0 aromatic heterocycles. The average Bonchev–Trinajstić information content (AvgIpc) is 2.49. The lowest BCUT2D eigenvalue weighted by Crippen LogP contribution is -2.43. The molecule has 1 aromatic rings. The molecule has 0 aliphatic carbocycles. The van der Waals surface area contributed by atoms with Crippen molar-refractivity contribution in [2.45, 2.75) is 33.2 Å². The molecule has 3 nitrogen and oxygen atoms in total. The van der Waals surface area contributed by atoms with Crippen LogP contribution in [0.1, 0.15) is 37.8 Å². The highest BCUT2D eigenvalue weighted by Crippen LogP contribution is 2.39. The van der Waals surface area contributed by atoms with Crippen molar-refractivity contribution >= 4 is 0 Å². The maximum Gasteiger partial charge on any atom is 0.220 e. The van der Waals surface area contributed by atoms with E-state index in [0.29, 0.717) is 12.5 Å². The predicted octanol–water partition coefficient (Wildman–Crippen LogP) is 3.72. The molecule has 110 valence electrons. The zero-order valence-electron chi connectivity index (χ0n) is 13.0. The topological polar surface area (TPSA) is 31.4 Å². The second kappa shape index (κ2) is 6.74. The number of hydrogen-bond acceptors (Lipinski definition) is 2. The van der Waals surface area contributed by atoms with Crippen LogP contribution in [0.3, 0.4) is 0 Å². The number of likely N-dealkylation sites (tertiary alicyclic amines) is 1. The number of benzene rings is 1. The van der Waals surface area contributed by atoms with E-state index in [9.17, 15) is 0 Å². The second-order valence-corrected chi connectivity index (χ2v) is 6.42. The number of nitrogens with zero attached hydrogens (tertiary/aromatic N) is 3. The zero-order chi connectivity index (χ0) is 15.3. The third-order valence-corrected chi connectivity index (χ3v) is 4.93. The highest BCUT2D eigenvalue weighted by molar-refractivity contribution is 5.32. The maximum absolute atomic E-state index is 8.96. The number of hydrogen-bond donors (Lipinski definition) is 0. The van der Waals surface area contributed by atoms with Gasteiger partial charge in [0.15, 0.2) is 0 Å². The Bertz CT molecular complexity index is 555. The van der Waals surface area contributed by atoms with Crippen LogP contribution in [0.25, 0.3) is 4.85 Å². The van der Waals surface area contributed by atoms with Gasteiger partial charge in [-0.3, -0.25) is 4.90 Å². The molecular weight excluding hydrogens is 258 g/mol. The van der Waals surface area contributed by atoms with Crippen LogP contribution in [0.4, 0.5) is 0 Å². The molecule has 21 heavy (non-hydrogen) atoms. The summed E-state index contributed by atoms with van der Waals surface area (Å²) >= 11 is 0. The Hall–Kier alpha value is -1.84. The molecule has 1 heterocycles. The van der Waals surface area contributed by atoms with Gasteiger partial charge < -0.3 is 4.85 Å². The van der Waals surface area contributed by atoms with E-state index in [-0.39, 0.29) is 5.41 Å². The van der Waals surface area contributed by atoms with Crippen LogP contribution >= 0.6 is 0 Å². The predicted molar refractivity (Wildman–Crippen MR) is 84.4 cm³/mol. The van der Waals surface area contributed by atoms with E-state index in [0.717, 1.165) is 38.0 Å². The van der Waals surface area contributed by atoms with Crippen molar-refractivity contribution in [3.05, 3.63) is 46.8 Å². The molecule has 0 unspecified atom stereocenters. The minimum Gasteiger partial charge on any atom is -0.316 e. The summed E-state index contributed by atoms with van der Waals surface area (Å²) in [4.78, 5) is 6.13. The number of nitriles is 1. The van der Waals surface area contributed by atoms with Gasteiger partial charge >= 0.3 is 0 Å². The lowest BCUT2D eigenvalue weighted by Gasteiger charge is -2.41. The summed E-state index contributed by atoms with van der Waals surface area (Å²) < 4.78 is 0. The minimum atomic E-state index is 0.201. The van der Waals surface area contributed by atoms with Gasteiger partial charge in [0.25, 0.3) is 0 Å². The minimum absolute atomic E-state index is 0.201. The van der Waals surface area contributed by atoms with E-state index in [1.54, 1.807) is 0 Å². The highest BCUT2D eigenvalue weighted by atomic mass is 15.1. The normalized spacial score (nSPS) is 18.1. The van der Waals surface area contributed by atoms with Crippen molar-refractivity contribution < 1.29 is 0 Å². The monoisotopic (exact) mass is 281 g/mol. The van der Waals surface area contributed by atoms with Gasteiger partial charge in [-0.25, -0.2) is 6.57 Å². The van der Waals surface area contributed by atoms with Crippen molar-refractivity contribution in [2.24, 2.45) is 11.3 Å². The molecule has 1 aliphatic rings. The van der Waals surface area contributed by atoms with Crippen molar-refractivity contribution in [2.75, 3.05) is 19.6 Å². The summed E-state index contributed by atoms with van der Waals surface area (Å²) in [6.07, 6.45) is 2.20. The van der Waals surface area contributed by atoms with Crippen LogP contribution in [-0.2, 0) is 6.54 Å². The first-order chi connectivity index (χ1) is 10.1. The van der Waals surface area contributed by atoms with Gasteiger partial charge in [-0.2, -0.15) is 5.26 Å². The van der Waals surface area contributed by atoms with Gasteiger partial charge in [0.1, 0.15) is 0 Å². The van der Waals surface area contributed by atoms with Crippen molar-refractivity contribution in [3.8, 4) is 6.07 Å². The Morgan fingerprint density at radius 3 is 2.67 bits per heavy atom. The fourth-order valence-corrected chi connectivity index (χ4v) is 3.23. The molecule has 0 saturated carbocycles. The first kappa shape index (κ1) is 15.5. The lowest BCUT2D eigenvalue weighted by atomic mass is 9.70. The molecule has 1 saturated heterocycles. The molecule has 0 atom stereocenters. The summed E-state index contributed by atoms with van der Waals surface area (Å²) in [6.45, 7) is 15.4. The molecule has 1 aromatic carbocycles. The summed E-state index contributed by atoms with van der Waals surface area (Å²) in [5, 5.41) is 8.96. The second-order valence-electron chi connectivity index (χ2n) is 6.42. The third-order valence-electron chi connectivity index (χ3n) is 4.93. The summed E-state index contributed by atoms with van der Waals surface area (Å²) in [5.74, 6) is 0.565. The summed E-state index contributed by atoms with van der Waals surface area (Å²) in [5.41, 5.74) is 2.14. The van der Waals surface area contributed by atoms with Gasteiger partial charge in [0, 0.05) is 12.0 Å². The molecule has 0 bridgehead atoms. The molecule has 3 heteroatoms. The Morgan fingerprint density at radius 1 is 1.38 bits per heavy atom. The number of rotatable bonds is 4. The van der Waals surface area contributed by atoms with Gasteiger partial charge in [-0.1, -0.05) is 26.0 Å². The quantitative estimate of drug-likeness (QED) is 0.788. The van der Waals surface area contributed by atoms with Crippen molar-refractivity contribution in [1.82, 2.24) is 4.90 Å². The zero-order valence-corrected chi connectivity index (χ0v) is 13.0. The lowest BCUT2D eigenvalue weighted by molar-refractivity contribution is 0.0716. The van der Waals surface area contributed by atoms with Crippen LogP contribution in [0.5, 0.6) is 0 Å². The standard InChI is InChI=1S/C18H23N3/c1-15(2)18(14-20-3)7-9-21(10-8-18)13-17-6-4-5-16(11-17)12-19/h4-6,11,15H,7-10,13-14H2,1-2H3. The highest BCUT2D eigenvalue weighted by Gasteiger charge is 2.40. The van der Waals surface area contributed by atoms with Crippen LogP contribution in [0, 0.1) is 29.2 Å². The van der Waals surface area contributed by atoms with Crippen molar-refractivity contribution in [3.63, 3.8) is 0 Å². The van der Waals surface area contributed by atoms with Crippen LogP contribution in [0.15, 0.2) is 24.3 Å². The molecule has 0 radical (unpaired) electrons. The Kier molecular flexibility index (Phi) is 4.99. The first-order valence-electron chi connectivity index (χ1n) is 7.64. The fraction of sp³-hybridized carbons (Fsp3) is 0.556. The fourth-order valence-electron chi connectivity index (χ4n) is 3.23. The first-order valence-corrected chi connectivity index (χ1v) is 7.64. The van der Waals surface area contributed by atoms with Gasteiger partial charge in [-0.15, -0.1) is 0 Å². The Morgan fingerprint density at radius 2 is 2.10 bits per heavy atom. The largest absolute Gasteiger partial charge is 0.316 e. The van der Waals surface area contributed by atoms with Gasteiger partial charge in [-0.05, 0) is 49.5 Å². The summed E-state index contributed by atoms with van der Waals surface area (Å²) in [7, 11) is 0. The third kappa shape index (κ3) is 3.63. The number of piperidine rings is 1. The van der Waals surface area contributed by atoms with Crippen LogP contribution in [-0.4, -0.2) is 24.5 Å². The van der Waals surface area contributed by atoms with E-state index in [1.165, 1.54) is 5.56 Å². The smallest absolute Gasteiger partial charge is 0.220 e. The average molecular weight is 281 g/mol. The maximum atomic E-state index is 8.96. The van der Waals surface area contributed by atoms with E-state index >= 15 is 0 Å². The van der Waals surface area contributed by atoms with E-state index in [2.05, 4.69) is 35.7 Å². The van der Waals surface area contributed by atoms with Crippen LogP contribution in [0.2, 0.25) is 0 Å².